The van der Waals surface area contributed by atoms with Crippen molar-refractivity contribution in [3.63, 3.8) is 0 Å². The van der Waals surface area contributed by atoms with Crippen LogP contribution in [0, 0.1) is 13.8 Å². The van der Waals surface area contributed by atoms with Crippen molar-refractivity contribution in [3.05, 3.63) is 70.8 Å². The van der Waals surface area contributed by atoms with E-state index in [1.165, 1.54) is 5.56 Å². The van der Waals surface area contributed by atoms with Gasteiger partial charge < -0.3 is 14.4 Å². The van der Waals surface area contributed by atoms with Crippen LogP contribution in [0.3, 0.4) is 0 Å². The molecule has 0 radical (unpaired) electrons. The van der Waals surface area contributed by atoms with Crippen molar-refractivity contribution in [2.45, 2.75) is 52.7 Å². The quantitative estimate of drug-likeness (QED) is 0.667. The lowest BCUT2D eigenvalue weighted by molar-refractivity contribution is -0.246. The lowest BCUT2D eigenvalue weighted by Crippen LogP contribution is -2.51. The van der Waals surface area contributed by atoms with Gasteiger partial charge in [-0.2, -0.15) is 0 Å². The van der Waals surface area contributed by atoms with Crippen molar-refractivity contribution < 1.29 is 14.3 Å². The molecule has 1 spiro atoms. The van der Waals surface area contributed by atoms with Gasteiger partial charge in [0, 0.05) is 49.8 Å². The zero-order chi connectivity index (χ0) is 21.9. The van der Waals surface area contributed by atoms with E-state index in [0.29, 0.717) is 44.7 Å². The largest absolute Gasteiger partial charge is 0.462 e. The van der Waals surface area contributed by atoms with Crippen LogP contribution in [-0.4, -0.2) is 41.3 Å². The highest BCUT2D eigenvalue weighted by Crippen LogP contribution is 2.37. The number of amides is 1. The maximum absolute atomic E-state index is 11.9. The van der Waals surface area contributed by atoms with Crippen LogP contribution in [-0.2, 0) is 14.3 Å². The Kier molecular flexibility index (Phi) is 6.61. The summed E-state index contributed by atoms with van der Waals surface area (Å²) >= 11 is 0. The van der Waals surface area contributed by atoms with Crippen molar-refractivity contribution >= 4 is 12.0 Å². The predicted octanol–water partition coefficient (Wildman–Crippen LogP) is 4.87. The van der Waals surface area contributed by atoms with E-state index in [2.05, 4.69) is 31.1 Å². The summed E-state index contributed by atoms with van der Waals surface area (Å²) in [5.74, 6) is 0.135. The van der Waals surface area contributed by atoms with E-state index < -0.39 is 5.79 Å². The Morgan fingerprint density at radius 2 is 2.03 bits per heavy atom. The predicted molar refractivity (Wildman–Crippen MR) is 120 cm³/mol. The van der Waals surface area contributed by atoms with Crippen molar-refractivity contribution in [2.24, 2.45) is 0 Å². The third-order valence-electron chi connectivity index (χ3n) is 6.06. The molecule has 0 saturated carbocycles. The zero-order valence-electron chi connectivity index (χ0n) is 18.6. The number of rotatable bonds is 4. The van der Waals surface area contributed by atoms with Gasteiger partial charge in [0.15, 0.2) is 0 Å². The van der Waals surface area contributed by atoms with E-state index in [-0.39, 0.29) is 5.91 Å². The van der Waals surface area contributed by atoms with Gasteiger partial charge in [-0.05, 0) is 55.2 Å². The molecule has 0 N–H and O–H groups in total. The second kappa shape index (κ2) is 9.00. The fourth-order valence-electron chi connectivity index (χ4n) is 3.76. The van der Waals surface area contributed by atoms with E-state index in [1.807, 2.05) is 44.0 Å². The maximum Gasteiger partial charge on any atom is 0.222 e. The number of pyridine rings is 1. The molecule has 5 nitrogen and oxygen atoms in total. The average molecular weight is 409 g/mol. The summed E-state index contributed by atoms with van der Waals surface area (Å²) in [5.41, 5.74) is 6.19. The molecule has 5 heteroatoms. The van der Waals surface area contributed by atoms with Crippen molar-refractivity contribution in [2.75, 3.05) is 19.7 Å². The first kappa shape index (κ1) is 22.0. The molecule has 3 rings (SSSR count). The number of aryl methyl sites for hydroxylation is 1. The molecule has 2 aliphatic rings. The summed E-state index contributed by atoms with van der Waals surface area (Å²) in [5, 5.41) is 0. The summed E-state index contributed by atoms with van der Waals surface area (Å²) in [6, 6.07) is 2.01. The molecular weight excluding hydrogens is 376 g/mol. The van der Waals surface area contributed by atoms with E-state index >= 15 is 0 Å². The van der Waals surface area contributed by atoms with Gasteiger partial charge in [-0.25, -0.2) is 0 Å². The molecule has 0 aliphatic carbocycles. The Hall–Kier alpha value is -2.66. The second-order valence-corrected chi connectivity index (χ2v) is 8.09. The molecule has 3 heterocycles. The molecular formula is C25H32N2O3. The van der Waals surface area contributed by atoms with E-state index in [9.17, 15) is 4.79 Å². The number of carbonyl (C=O) groups excluding carboxylic acids is 1. The standard InChI is InChI=1S/C25H32N2O3/c1-7-24(28)27-12-9-25(10-13-27)29-16-23(21(6)30-25)15-18(3)17(2)14-22-8-11-26-20(5)19(22)4/h8,11,14-15H,3,6-7,9-10,12-13,16H2,1-2,4-5H3/b17-14+,23-15-. The number of piperidine rings is 1. The molecule has 0 bridgehead atoms. The first-order chi connectivity index (χ1) is 14.2. The summed E-state index contributed by atoms with van der Waals surface area (Å²) in [6.07, 6.45) is 7.78. The summed E-state index contributed by atoms with van der Waals surface area (Å²) in [4.78, 5) is 18.1. The number of ether oxygens (including phenoxy) is 2. The van der Waals surface area contributed by atoms with Gasteiger partial charge in [-0.1, -0.05) is 26.2 Å². The van der Waals surface area contributed by atoms with Gasteiger partial charge in [0.05, 0.1) is 6.61 Å². The maximum atomic E-state index is 11.9. The number of carbonyl (C=O) groups is 1. The summed E-state index contributed by atoms with van der Waals surface area (Å²) in [7, 11) is 0. The van der Waals surface area contributed by atoms with Crippen LogP contribution in [0.4, 0.5) is 0 Å². The molecule has 2 fully saturated rings. The highest BCUT2D eigenvalue weighted by Gasteiger charge is 2.42. The molecule has 0 unspecified atom stereocenters. The van der Waals surface area contributed by atoms with E-state index in [1.54, 1.807) is 0 Å². The van der Waals surface area contributed by atoms with Gasteiger partial charge >= 0.3 is 0 Å². The number of hydrogen-bond acceptors (Lipinski definition) is 4. The first-order valence-electron chi connectivity index (χ1n) is 10.5. The molecule has 160 valence electrons. The highest BCUT2D eigenvalue weighted by atomic mass is 16.7. The van der Waals surface area contributed by atoms with Crippen LogP contribution in [0.1, 0.15) is 49.9 Å². The van der Waals surface area contributed by atoms with Crippen LogP contribution in [0.15, 0.2) is 54.0 Å². The van der Waals surface area contributed by atoms with Crippen molar-refractivity contribution in [1.29, 1.82) is 0 Å². The lowest BCUT2D eigenvalue weighted by Gasteiger charge is -2.44. The van der Waals surface area contributed by atoms with Crippen molar-refractivity contribution in [1.82, 2.24) is 9.88 Å². The molecule has 1 aromatic rings. The SMILES string of the molecule is C=C1OC2(CCN(C(=O)CC)CC2)OC/C1=C/C(=C)/C(C)=C/c1ccnc(C)c1C. The molecule has 0 atom stereocenters. The van der Waals surface area contributed by atoms with Gasteiger partial charge in [-0.15, -0.1) is 0 Å². The highest BCUT2D eigenvalue weighted by molar-refractivity contribution is 5.75. The van der Waals surface area contributed by atoms with Gasteiger partial charge in [0.1, 0.15) is 5.76 Å². The Morgan fingerprint density at radius 1 is 1.33 bits per heavy atom. The monoisotopic (exact) mass is 408 g/mol. The van der Waals surface area contributed by atoms with Crippen LogP contribution in [0.2, 0.25) is 0 Å². The fourth-order valence-corrected chi connectivity index (χ4v) is 3.76. The molecule has 0 aromatic carbocycles. The van der Waals surface area contributed by atoms with E-state index in [0.717, 1.165) is 28.0 Å². The Labute approximate surface area is 179 Å². The van der Waals surface area contributed by atoms with Gasteiger partial charge in [0.2, 0.25) is 11.7 Å². The molecule has 1 aromatic heterocycles. The third-order valence-corrected chi connectivity index (χ3v) is 6.06. The molecule has 30 heavy (non-hydrogen) atoms. The Bertz CT molecular complexity index is 918. The van der Waals surface area contributed by atoms with Gasteiger partial charge in [-0.3, -0.25) is 9.78 Å². The second-order valence-electron chi connectivity index (χ2n) is 8.09. The van der Waals surface area contributed by atoms with Gasteiger partial charge in [0.25, 0.3) is 0 Å². The summed E-state index contributed by atoms with van der Waals surface area (Å²) in [6.45, 7) is 18.1. The zero-order valence-corrected chi connectivity index (χ0v) is 18.6. The van der Waals surface area contributed by atoms with Crippen LogP contribution < -0.4 is 0 Å². The first-order valence-corrected chi connectivity index (χ1v) is 10.5. The normalized spacial score (nSPS) is 20.4. The molecule has 2 aliphatic heterocycles. The summed E-state index contributed by atoms with van der Waals surface area (Å²) < 4.78 is 12.3. The number of likely N-dealkylation sites (tertiary alicyclic amines) is 1. The fraction of sp³-hybridized carbons (Fsp3) is 0.440. The Balaban J connectivity index is 1.66. The number of hydrogen-bond donors (Lipinski definition) is 0. The average Bonchev–Trinajstić information content (AvgIpc) is 2.73. The number of nitrogens with zero attached hydrogens (tertiary/aromatic N) is 2. The smallest absolute Gasteiger partial charge is 0.222 e. The topological polar surface area (TPSA) is 51.7 Å². The Morgan fingerprint density at radius 3 is 2.67 bits per heavy atom. The third kappa shape index (κ3) is 4.73. The van der Waals surface area contributed by atoms with Crippen molar-refractivity contribution in [3.8, 4) is 0 Å². The molecule has 2 saturated heterocycles. The van der Waals surface area contributed by atoms with E-state index in [4.69, 9.17) is 9.47 Å². The lowest BCUT2D eigenvalue weighted by atomic mass is 9.98. The van der Waals surface area contributed by atoms with Crippen LogP contribution in [0.25, 0.3) is 6.08 Å². The minimum absolute atomic E-state index is 0.179. The number of allylic oxidation sites excluding steroid dienone is 3. The van der Waals surface area contributed by atoms with Crippen LogP contribution >= 0.6 is 0 Å². The minimum Gasteiger partial charge on any atom is -0.462 e. The van der Waals surface area contributed by atoms with Crippen LogP contribution in [0.5, 0.6) is 0 Å². The molecule has 1 amide bonds. The minimum atomic E-state index is -0.670. The number of aromatic nitrogens is 1.